The van der Waals surface area contributed by atoms with Crippen LogP contribution in [-0.4, -0.2) is 14.6 Å². The predicted molar refractivity (Wildman–Crippen MR) is 14.8 cm³/mol. The van der Waals surface area contributed by atoms with Gasteiger partial charge in [-0.15, -0.1) is 0 Å². The van der Waals surface area contributed by atoms with E-state index in [1.165, 1.54) is 0 Å². The van der Waals surface area contributed by atoms with Crippen molar-refractivity contribution < 1.29 is 142 Å². The van der Waals surface area contributed by atoms with Crippen molar-refractivity contribution in [2.75, 3.05) is 0 Å². The topological polar surface area (TPSA) is 138 Å². The van der Waals surface area contributed by atoms with E-state index in [9.17, 15) is 0 Å². The third kappa shape index (κ3) is 294. The second kappa shape index (κ2) is 44.2. The Morgan fingerprint density at radius 3 is 0.500 bits per heavy atom. The van der Waals surface area contributed by atoms with E-state index in [-0.39, 0.29) is 112 Å². The van der Waals surface area contributed by atoms with Gasteiger partial charge in [-0.25, -0.2) is 0 Å². The van der Waals surface area contributed by atoms with E-state index in [4.69, 9.17) is 30.1 Å². The van der Waals surface area contributed by atoms with Gasteiger partial charge < -0.3 is 34.4 Å². The molecule has 0 saturated heterocycles. The minimum Gasteiger partial charge on any atom is -1.00 e. The molecule has 6 nitrogen and oxygen atoms in total. The molecule has 0 aliphatic carbocycles. The smallest absolute Gasteiger partial charge is 1.00 e. The Balaban J connectivity index is -0.00000000308. The first-order valence-corrected chi connectivity index (χ1v) is 1.41. The van der Waals surface area contributed by atoms with Gasteiger partial charge in [0, 0.05) is 0 Å². The van der Waals surface area contributed by atoms with Crippen LogP contribution in [0.3, 0.4) is 0 Å². The molecule has 0 atom stereocenters. The largest absolute Gasteiger partial charge is 2.00 e. The van der Waals surface area contributed by atoms with Gasteiger partial charge in [0.1, 0.15) is 0 Å². The van der Waals surface area contributed by atoms with Crippen molar-refractivity contribution in [3.63, 3.8) is 0 Å². The summed E-state index contributed by atoms with van der Waals surface area (Å²) in [6, 6.07) is 0. The summed E-state index contributed by atoms with van der Waals surface area (Å²) in [5.41, 5.74) is 0. The van der Waals surface area contributed by atoms with E-state index >= 15 is 0 Å². The molecule has 0 aromatic heterocycles. The molecule has 0 unspecified atom stereocenters. The first-order chi connectivity index (χ1) is 3.46. The molecular formula is H3B2Li3Mn3O6. The van der Waals surface area contributed by atoms with Crippen LogP contribution in [0.5, 0.6) is 0 Å². The van der Waals surface area contributed by atoms with Gasteiger partial charge in [-0.3, -0.25) is 14.6 Å². The molecule has 0 fully saturated rings. The van der Waals surface area contributed by atoms with E-state index in [0.717, 1.165) is 0 Å². The maximum absolute atomic E-state index is 8.42. The SMILES string of the molecule is [H-].[H-].[H-].[Li+].[Li+].[Li+].[Mn+2].[Mn+2].[Mn+2].[O-]B([O-])[O-].[O-]B([O-])[O-]. The molecule has 0 aromatic rings. The second-order valence-electron chi connectivity index (χ2n) is 0.577. The average Bonchev–Trinajstić information content (AvgIpc) is 1.25. The summed E-state index contributed by atoms with van der Waals surface area (Å²) >= 11 is 0. The minimum absolute atomic E-state index is 0. The Morgan fingerprint density at radius 2 is 0.500 bits per heavy atom. The third-order valence-electron chi connectivity index (χ3n) is 0. The van der Waals surface area contributed by atoms with Crippen molar-refractivity contribution >= 4 is 14.6 Å². The van der Waals surface area contributed by atoms with Crippen LogP contribution in [0.2, 0.25) is 0 Å². The molecule has 14 heavy (non-hydrogen) atoms. The zero-order valence-corrected chi connectivity index (χ0v) is 11.3. The summed E-state index contributed by atoms with van der Waals surface area (Å²) < 4.78 is 0. The van der Waals surface area contributed by atoms with E-state index in [2.05, 4.69) is 0 Å². The van der Waals surface area contributed by atoms with Crippen LogP contribution >= 0.6 is 0 Å². The molecule has 3 radical (unpaired) electrons. The van der Waals surface area contributed by atoms with Crippen LogP contribution in [0.25, 0.3) is 0 Å². The van der Waals surface area contributed by atoms with Crippen molar-refractivity contribution in [3.05, 3.63) is 0 Å². The molecule has 0 bridgehead atoms. The van der Waals surface area contributed by atoms with Gasteiger partial charge in [-0.1, -0.05) is 0 Å². The monoisotopic (exact) mass is 307 g/mol. The predicted octanol–water partition coefficient (Wildman–Crippen LogP) is -16.6. The fourth-order valence-corrected chi connectivity index (χ4v) is 0. The molecule has 0 heterocycles. The Kier molecular flexibility index (Phi) is 168. The maximum atomic E-state index is 8.42. The zero-order chi connectivity index (χ0) is 7.15. The Morgan fingerprint density at radius 1 is 0.500 bits per heavy atom. The molecule has 0 aromatic carbocycles. The number of hydrogen-bond donors (Lipinski definition) is 0. The van der Waals surface area contributed by atoms with Crippen LogP contribution in [0.1, 0.15) is 4.28 Å². The Hall–Kier alpha value is 3.24. The van der Waals surface area contributed by atoms with Crippen LogP contribution in [0.4, 0.5) is 0 Å². The van der Waals surface area contributed by atoms with E-state index in [1.807, 2.05) is 0 Å². The van der Waals surface area contributed by atoms with E-state index in [1.54, 1.807) is 0 Å². The Bertz CT molecular complexity index is 53.2. The number of hydrogen-bond acceptors (Lipinski definition) is 6. The minimum atomic E-state index is -2.92. The molecule has 69 valence electrons. The molecule has 0 N–H and O–H groups in total. The summed E-state index contributed by atoms with van der Waals surface area (Å²) in [6.07, 6.45) is 0. The molecule has 0 amide bonds. The van der Waals surface area contributed by atoms with Crippen molar-refractivity contribution in [2.45, 2.75) is 0 Å². The van der Waals surface area contributed by atoms with Gasteiger partial charge in [0.25, 0.3) is 0 Å². The van der Waals surface area contributed by atoms with Crippen molar-refractivity contribution in [3.8, 4) is 0 Å². The van der Waals surface area contributed by atoms with Gasteiger partial charge in [-0.2, -0.15) is 0 Å². The standard InChI is InChI=1S/2BO3.3Li.3Mn.3H/c2*2-1(3)4;;;;;;;;;/q2*-3;3*+1;3*+2;3*-1. The molecule has 0 saturated carbocycles. The fraction of sp³-hybridized carbons (Fsp3) is 0. The third-order valence-corrected chi connectivity index (χ3v) is 0. The molecule has 0 rings (SSSR count). The number of rotatable bonds is 0. The first kappa shape index (κ1) is 53.3. The van der Waals surface area contributed by atoms with Crippen molar-refractivity contribution in [1.29, 1.82) is 0 Å². The van der Waals surface area contributed by atoms with Gasteiger partial charge >= 0.3 is 108 Å². The van der Waals surface area contributed by atoms with E-state index in [0.29, 0.717) is 0 Å². The zero-order valence-electron chi connectivity index (χ0n) is 10.7. The van der Waals surface area contributed by atoms with Gasteiger partial charge in [0.15, 0.2) is 0 Å². The molecule has 0 spiro atoms. The summed E-state index contributed by atoms with van der Waals surface area (Å²) in [4.78, 5) is 0. The van der Waals surface area contributed by atoms with Gasteiger partial charge in [-0.05, 0) is 0 Å². The van der Waals surface area contributed by atoms with Crippen LogP contribution in [0.15, 0.2) is 0 Å². The maximum Gasteiger partial charge on any atom is 2.00 e. The van der Waals surface area contributed by atoms with Crippen LogP contribution in [-0.2, 0) is 51.2 Å². The summed E-state index contributed by atoms with van der Waals surface area (Å²) in [5, 5.41) is 50.5. The van der Waals surface area contributed by atoms with Gasteiger partial charge in [0.05, 0.1) is 0 Å². The molecule has 0 aliphatic heterocycles. The van der Waals surface area contributed by atoms with E-state index < -0.39 is 14.6 Å². The average molecular weight is 306 g/mol. The quantitative estimate of drug-likeness (QED) is 0.407. The van der Waals surface area contributed by atoms with Crippen LogP contribution < -0.4 is 86.7 Å². The van der Waals surface area contributed by atoms with Crippen molar-refractivity contribution in [1.82, 2.24) is 0 Å². The summed E-state index contributed by atoms with van der Waals surface area (Å²) in [7, 11) is -5.83. The van der Waals surface area contributed by atoms with Crippen LogP contribution in [0, 0.1) is 0 Å². The van der Waals surface area contributed by atoms with Gasteiger partial charge in [0.2, 0.25) is 0 Å². The Labute approximate surface area is 155 Å². The second-order valence-corrected chi connectivity index (χ2v) is 0.577. The summed E-state index contributed by atoms with van der Waals surface area (Å²) in [5.74, 6) is 0. The molecule has 14 heteroatoms. The fourth-order valence-electron chi connectivity index (χ4n) is 0. The first-order valence-electron chi connectivity index (χ1n) is 1.41. The summed E-state index contributed by atoms with van der Waals surface area (Å²) in [6.45, 7) is 0. The molecule has 0 aliphatic rings. The normalized spacial score (nSPS) is 3.86. The molecular weight excluding hydrogens is 303 g/mol. The van der Waals surface area contributed by atoms with Crippen molar-refractivity contribution in [2.24, 2.45) is 0 Å².